The Bertz CT molecular complexity index is 1650. The number of aryl methyl sites for hydroxylation is 1. The Morgan fingerprint density at radius 1 is 1.00 bits per heavy atom. The number of benzene rings is 1. The summed E-state index contributed by atoms with van der Waals surface area (Å²) < 4.78 is 0. The molecule has 0 radical (unpaired) electrons. The second-order valence-corrected chi connectivity index (χ2v) is 10.6. The highest BCUT2D eigenvalue weighted by Crippen LogP contribution is 2.52. The molecule has 1 aliphatic carbocycles. The van der Waals surface area contributed by atoms with Gasteiger partial charge in [-0.15, -0.1) is 0 Å². The molecule has 0 bridgehead atoms. The van der Waals surface area contributed by atoms with Crippen molar-refractivity contribution in [2.75, 3.05) is 4.90 Å². The van der Waals surface area contributed by atoms with Gasteiger partial charge in [0.05, 0.1) is 41.5 Å². The number of hydrogen-bond acceptors (Lipinski definition) is 7. The predicted octanol–water partition coefficient (Wildman–Crippen LogP) is 3.61. The second kappa shape index (κ2) is 8.81. The number of nitrogens with zero attached hydrogens (tertiary/aromatic N) is 6. The van der Waals surface area contributed by atoms with Crippen LogP contribution in [-0.2, 0) is 17.8 Å². The van der Waals surface area contributed by atoms with E-state index in [1.165, 1.54) is 4.90 Å². The van der Waals surface area contributed by atoms with Crippen LogP contribution in [-0.4, -0.2) is 54.0 Å². The smallest absolute Gasteiger partial charge is 0.261 e. The molecule has 1 saturated heterocycles. The fraction of sp³-hybridized carbons (Fsp3) is 0.250. The summed E-state index contributed by atoms with van der Waals surface area (Å²) >= 11 is 6.22. The zero-order valence-electron chi connectivity index (χ0n) is 20.8. The number of aromatic amines is 1. The minimum Gasteiger partial charge on any atom is -0.293 e. The van der Waals surface area contributed by atoms with Crippen LogP contribution >= 0.6 is 11.6 Å². The molecule has 2 fully saturated rings. The number of carbonyl (C=O) groups excluding carboxylic acids is 3. The fourth-order valence-corrected chi connectivity index (χ4v) is 5.98. The Kier molecular flexibility index (Phi) is 5.34. The summed E-state index contributed by atoms with van der Waals surface area (Å²) in [6.07, 6.45) is 4.67. The normalized spacial score (nSPS) is 21.5. The first-order valence-corrected chi connectivity index (χ1v) is 13.0. The Labute approximate surface area is 228 Å². The Morgan fingerprint density at radius 3 is 2.49 bits per heavy atom. The number of aromatic nitrogens is 5. The third kappa shape index (κ3) is 3.82. The summed E-state index contributed by atoms with van der Waals surface area (Å²) in [6.45, 7) is 1.93. The molecule has 0 spiro atoms. The summed E-state index contributed by atoms with van der Waals surface area (Å²) in [6, 6.07) is 12.3. The largest absolute Gasteiger partial charge is 0.293 e. The minimum atomic E-state index is -0.358. The van der Waals surface area contributed by atoms with Crippen LogP contribution < -0.4 is 4.90 Å². The minimum absolute atomic E-state index is 0.00973. The lowest BCUT2D eigenvalue weighted by atomic mass is 9.94. The molecule has 7 rings (SSSR count). The summed E-state index contributed by atoms with van der Waals surface area (Å²) in [5.74, 6) is -0.0995. The lowest BCUT2D eigenvalue weighted by Gasteiger charge is -2.20. The monoisotopic (exact) mass is 539 g/mol. The maximum atomic E-state index is 13.6. The predicted molar refractivity (Wildman–Crippen MR) is 141 cm³/mol. The van der Waals surface area contributed by atoms with Gasteiger partial charge < -0.3 is 0 Å². The first-order valence-electron chi connectivity index (χ1n) is 12.7. The molecule has 10 nitrogen and oxygen atoms in total. The van der Waals surface area contributed by atoms with E-state index in [9.17, 15) is 14.4 Å². The number of halogens is 1. The van der Waals surface area contributed by atoms with E-state index in [0.717, 1.165) is 23.1 Å². The second-order valence-electron chi connectivity index (χ2n) is 10.2. The fourth-order valence-electron chi connectivity index (χ4n) is 5.81. The molecule has 11 heteroatoms. The summed E-state index contributed by atoms with van der Waals surface area (Å²) in [7, 11) is 0. The van der Waals surface area contributed by atoms with Crippen LogP contribution in [0.5, 0.6) is 0 Å². The number of amides is 3. The Balaban J connectivity index is 1.13. The van der Waals surface area contributed by atoms with E-state index in [1.54, 1.807) is 42.7 Å². The zero-order valence-corrected chi connectivity index (χ0v) is 21.6. The molecular formula is C28H22ClN7O3. The molecule has 3 unspecified atom stereocenters. The number of rotatable bonds is 6. The van der Waals surface area contributed by atoms with Crippen molar-refractivity contribution in [3.63, 3.8) is 0 Å². The quantitative estimate of drug-likeness (QED) is 0.293. The van der Waals surface area contributed by atoms with Crippen molar-refractivity contribution in [2.24, 2.45) is 11.8 Å². The molecule has 3 amide bonds. The van der Waals surface area contributed by atoms with E-state index in [1.807, 2.05) is 24.0 Å². The Morgan fingerprint density at radius 2 is 1.74 bits per heavy atom. The zero-order chi connectivity index (χ0) is 26.8. The average molecular weight is 540 g/mol. The van der Waals surface area contributed by atoms with Crippen LogP contribution in [0.3, 0.4) is 0 Å². The first-order chi connectivity index (χ1) is 18.9. The number of carbonyl (C=O) groups is 3. The molecule has 3 aliphatic rings. The highest BCUT2D eigenvalue weighted by Gasteiger charge is 2.59. The number of fused-ring (bicyclic) bond motifs is 2. The van der Waals surface area contributed by atoms with Crippen LogP contribution in [0.25, 0.3) is 11.3 Å². The van der Waals surface area contributed by atoms with Crippen molar-refractivity contribution in [3.8, 4) is 11.3 Å². The molecule has 3 atom stereocenters. The van der Waals surface area contributed by atoms with Gasteiger partial charge in [0.25, 0.3) is 11.8 Å². The Hall–Kier alpha value is -4.44. The average Bonchev–Trinajstić information content (AvgIpc) is 3.36. The van der Waals surface area contributed by atoms with Gasteiger partial charge in [-0.1, -0.05) is 29.8 Å². The number of H-pyrrole nitrogens is 1. The van der Waals surface area contributed by atoms with Crippen LogP contribution in [0, 0.1) is 18.8 Å². The van der Waals surface area contributed by atoms with Gasteiger partial charge in [-0.2, -0.15) is 15.3 Å². The SMILES string of the molecule is Cc1cnncc1-c1cc(N2C(=O)C(Cc3ccc(Cl)nc3CN3C(=O)c4ccccc4C3=O)C3CC32)[nH]n1. The van der Waals surface area contributed by atoms with Crippen LogP contribution in [0.4, 0.5) is 5.82 Å². The van der Waals surface area contributed by atoms with Gasteiger partial charge in [-0.25, -0.2) is 4.98 Å². The topological polar surface area (TPSA) is 125 Å². The van der Waals surface area contributed by atoms with E-state index in [0.29, 0.717) is 34.8 Å². The van der Waals surface area contributed by atoms with Crippen molar-refractivity contribution in [1.82, 2.24) is 30.3 Å². The van der Waals surface area contributed by atoms with Crippen LogP contribution in [0.15, 0.2) is 54.9 Å². The molecule has 2 aliphatic heterocycles. The van der Waals surface area contributed by atoms with E-state index in [2.05, 4.69) is 25.4 Å². The third-order valence-electron chi connectivity index (χ3n) is 7.90. The molecule has 1 saturated carbocycles. The molecule has 3 aromatic heterocycles. The molecule has 5 heterocycles. The van der Waals surface area contributed by atoms with Crippen LogP contribution in [0.1, 0.15) is 44.0 Å². The van der Waals surface area contributed by atoms with Crippen molar-refractivity contribution in [1.29, 1.82) is 0 Å². The molecule has 194 valence electrons. The maximum absolute atomic E-state index is 13.6. The summed E-state index contributed by atoms with van der Waals surface area (Å²) in [4.78, 5) is 47.0. The van der Waals surface area contributed by atoms with Crippen molar-refractivity contribution < 1.29 is 14.4 Å². The van der Waals surface area contributed by atoms with Crippen molar-refractivity contribution in [3.05, 3.63) is 88.0 Å². The molecule has 39 heavy (non-hydrogen) atoms. The first kappa shape index (κ1) is 23.7. The number of imide groups is 1. The van der Waals surface area contributed by atoms with Gasteiger partial charge in [0.2, 0.25) is 5.91 Å². The lowest BCUT2D eigenvalue weighted by molar-refractivity contribution is -0.121. The van der Waals surface area contributed by atoms with E-state index >= 15 is 0 Å². The molecule has 1 N–H and O–H groups in total. The van der Waals surface area contributed by atoms with Gasteiger partial charge >= 0.3 is 0 Å². The number of pyridine rings is 1. The lowest BCUT2D eigenvalue weighted by Crippen LogP contribution is -2.33. The van der Waals surface area contributed by atoms with Gasteiger partial charge in [0.15, 0.2) is 0 Å². The van der Waals surface area contributed by atoms with Gasteiger partial charge in [0, 0.05) is 23.6 Å². The maximum Gasteiger partial charge on any atom is 0.261 e. The van der Waals surface area contributed by atoms with E-state index < -0.39 is 0 Å². The third-order valence-corrected chi connectivity index (χ3v) is 8.11. The van der Waals surface area contributed by atoms with E-state index in [4.69, 9.17) is 11.6 Å². The van der Waals surface area contributed by atoms with Gasteiger partial charge in [-0.05, 0) is 55.0 Å². The van der Waals surface area contributed by atoms with Crippen molar-refractivity contribution >= 4 is 35.1 Å². The molecule has 4 aromatic rings. The standard InChI is InChI=1S/C28H22ClN7O3/c1-14-11-30-31-12-20(14)21-10-25(34-33-21)36-23-9-18(23)19(28(36)39)8-15-6-7-24(29)32-22(15)13-35-26(37)16-4-2-3-5-17(16)27(35)38/h2-7,10-12,18-19,23H,8-9,13H2,1H3,(H,33,34). The number of piperidine rings is 1. The van der Waals surface area contributed by atoms with Gasteiger partial charge in [-0.3, -0.25) is 29.3 Å². The van der Waals surface area contributed by atoms with Crippen LogP contribution in [0.2, 0.25) is 5.15 Å². The molecular weight excluding hydrogens is 518 g/mol. The van der Waals surface area contributed by atoms with E-state index in [-0.39, 0.29) is 47.3 Å². The van der Waals surface area contributed by atoms with Crippen molar-refractivity contribution in [2.45, 2.75) is 32.4 Å². The number of anilines is 1. The van der Waals surface area contributed by atoms with Gasteiger partial charge in [0.1, 0.15) is 11.0 Å². The highest BCUT2D eigenvalue weighted by atomic mass is 35.5. The highest BCUT2D eigenvalue weighted by molar-refractivity contribution is 6.29. The number of nitrogens with one attached hydrogen (secondary N) is 1. The summed E-state index contributed by atoms with van der Waals surface area (Å²) in [5, 5.41) is 15.6. The summed E-state index contributed by atoms with van der Waals surface area (Å²) in [5.41, 5.74) is 4.58. The molecule has 1 aromatic carbocycles. The number of hydrogen-bond donors (Lipinski definition) is 1.